The van der Waals surface area contributed by atoms with Crippen molar-refractivity contribution in [3.05, 3.63) is 59.8 Å². The first-order valence-electron chi connectivity index (χ1n) is 10.8. The second kappa shape index (κ2) is 7.95. The van der Waals surface area contributed by atoms with Crippen LogP contribution in [0, 0.1) is 0 Å². The number of likely N-dealkylation sites (tertiary alicyclic amines) is 1. The Bertz CT molecular complexity index is 1250. The Morgan fingerprint density at radius 2 is 1.91 bits per heavy atom. The number of nitrogens with zero attached hydrogens (tertiary/aromatic N) is 3. The van der Waals surface area contributed by atoms with Gasteiger partial charge in [-0.25, -0.2) is 0 Å². The summed E-state index contributed by atoms with van der Waals surface area (Å²) in [6.07, 6.45) is 0.874. The van der Waals surface area contributed by atoms with Crippen LogP contribution in [0.3, 0.4) is 0 Å². The number of amides is 1. The Hall–Kier alpha value is -3.81. The molecule has 0 unspecified atom stereocenters. The summed E-state index contributed by atoms with van der Waals surface area (Å²) in [6, 6.07) is 14.5. The second-order valence-electron chi connectivity index (χ2n) is 8.46. The maximum Gasteiger partial charge on any atom is 0.272 e. The largest absolute Gasteiger partial charge is 0.497 e. The van der Waals surface area contributed by atoms with Crippen molar-refractivity contribution in [2.45, 2.75) is 18.4 Å². The average Bonchev–Trinajstić information content (AvgIpc) is 3.41. The number of carbonyl (C=O) groups is 2. The van der Waals surface area contributed by atoms with E-state index in [1.165, 1.54) is 0 Å². The van der Waals surface area contributed by atoms with Crippen molar-refractivity contribution in [3.8, 4) is 28.5 Å². The Labute approximate surface area is 191 Å². The Balaban J connectivity index is 1.40. The highest BCUT2D eigenvalue weighted by Crippen LogP contribution is 2.39. The molecule has 1 spiro atoms. The first-order chi connectivity index (χ1) is 15.9. The Morgan fingerprint density at radius 3 is 2.70 bits per heavy atom. The van der Waals surface area contributed by atoms with Crippen LogP contribution in [0.15, 0.2) is 48.5 Å². The summed E-state index contributed by atoms with van der Waals surface area (Å²) >= 11 is 0. The molecule has 2 aliphatic heterocycles. The van der Waals surface area contributed by atoms with Gasteiger partial charge in [0.15, 0.2) is 5.78 Å². The summed E-state index contributed by atoms with van der Waals surface area (Å²) in [7, 11) is 4.93. The van der Waals surface area contributed by atoms with Gasteiger partial charge in [0.05, 0.1) is 38.4 Å². The van der Waals surface area contributed by atoms with E-state index in [9.17, 15) is 9.59 Å². The van der Waals surface area contributed by atoms with Gasteiger partial charge in [0.2, 0.25) is 0 Å². The fourth-order valence-electron chi connectivity index (χ4n) is 4.66. The van der Waals surface area contributed by atoms with Crippen molar-refractivity contribution < 1.29 is 23.8 Å². The number of aryl methyl sites for hydroxylation is 1. The van der Waals surface area contributed by atoms with Gasteiger partial charge in [-0.1, -0.05) is 12.1 Å². The fourth-order valence-corrected chi connectivity index (χ4v) is 4.66. The van der Waals surface area contributed by atoms with Crippen LogP contribution in [0.1, 0.15) is 33.7 Å². The maximum atomic E-state index is 13.4. The summed E-state index contributed by atoms with van der Waals surface area (Å²) in [5.41, 5.74) is 1.73. The number of ketones is 1. The highest BCUT2D eigenvalue weighted by Gasteiger charge is 2.47. The number of Topliss-reactive ketones (excluding diaryl/α,β-unsaturated/α-hetero) is 1. The molecule has 8 nitrogen and oxygen atoms in total. The fraction of sp³-hybridized carbons (Fsp3) is 0.320. The number of aromatic nitrogens is 2. The van der Waals surface area contributed by atoms with Crippen LogP contribution in [0.2, 0.25) is 0 Å². The van der Waals surface area contributed by atoms with E-state index in [-0.39, 0.29) is 18.1 Å². The maximum absolute atomic E-state index is 13.4. The first-order valence-corrected chi connectivity index (χ1v) is 10.8. The molecule has 0 saturated carbocycles. The summed E-state index contributed by atoms with van der Waals surface area (Å²) in [6.45, 7) is 0.867. The third kappa shape index (κ3) is 3.61. The van der Waals surface area contributed by atoms with Gasteiger partial charge in [0.1, 0.15) is 28.5 Å². The number of hydrogen-bond acceptors (Lipinski definition) is 6. The lowest BCUT2D eigenvalue weighted by molar-refractivity contribution is 0.0426. The van der Waals surface area contributed by atoms with Crippen molar-refractivity contribution in [1.82, 2.24) is 14.7 Å². The third-order valence-corrected chi connectivity index (χ3v) is 6.38. The predicted octanol–water partition coefficient (Wildman–Crippen LogP) is 3.35. The number of carbonyl (C=O) groups excluding carboxylic acids is 2. The molecule has 1 amide bonds. The molecule has 2 aliphatic rings. The van der Waals surface area contributed by atoms with Crippen LogP contribution < -0.4 is 14.2 Å². The van der Waals surface area contributed by atoms with E-state index >= 15 is 0 Å². The molecular weight excluding hydrogens is 422 g/mol. The van der Waals surface area contributed by atoms with Crippen molar-refractivity contribution in [2.75, 3.05) is 27.3 Å². The number of hydrogen-bond donors (Lipinski definition) is 0. The average molecular weight is 447 g/mol. The normalized spacial score (nSPS) is 19.4. The number of methoxy groups -OCH3 is 2. The molecule has 0 radical (unpaired) electrons. The van der Waals surface area contributed by atoms with Crippen molar-refractivity contribution >= 4 is 11.7 Å². The number of ether oxygens (including phenoxy) is 3. The van der Waals surface area contributed by atoms with Gasteiger partial charge in [0.25, 0.3) is 5.91 Å². The molecule has 0 aliphatic carbocycles. The molecule has 1 saturated heterocycles. The van der Waals surface area contributed by atoms with Gasteiger partial charge in [0, 0.05) is 25.6 Å². The van der Waals surface area contributed by atoms with E-state index in [4.69, 9.17) is 14.2 Å². The Morgan fingerprint density at radius 1 is 1.09 bits per heavy atom. The topological polar surface area (TPSA) is 82.9 Å². The zero-order valence-corrected chi connectivity index (χ0v) is 18.8. The molecule has 3 aromatic rings. The minimum Gasteiger partial charge on any atom is -0.497 e. The van der Waals surface area contributed by atoms with Crippen LogP contribution in [0.25, 0.3) is 11.3 Å². The third-order valence-electron chi connectivity index (χ3n) is 6.38. The molecule has 3 heterocycles. The van der Waals surface area contributed by atoms with Gasteiger partial charge in [-0.2, -0.15) is 5.10 Å². The molecule has 170 valence electrons. The standard InChI is InChI=1S/C25H25N3O5/c1-27-20(13-19(26-27)18-12-16(31-2)8-9-22(18)32-3)24(30)28-11-10-25(15-28)14-21(29)17-6-4-5-7-23(17)33-25/h4-9,12-13H,10-11,14-15H2,1-3H3/t25-/m1/s1. The minimum atomic E-state index is -0.682. The number of benzene rings is 2. The Kier molecular flexibility index (Phi) is 5.08. The minimum absolute atomic E-state index is 0.0547. The van der Waals surface area contributed by atoms with Gasteiger partial charge >= 0.3 is 0 Å². The lowest BCUT2D eigenvalue weighted by Crippen LogP contribution is -2.45. The van der Waals surface area contributed by atoms with Crippen LogP contribution >= 0.6 is 0 Å². The van der Waals surface area contributed by atoms with E-state index in [0.29, 0.717) is 53.7 Å². The SMILES string of the molecule is COc1ccc(OC)c(-c2cc(C(=O)N3CC[C@@]4(CC(=O)c5ccccc5O4)C3)n(C)n2)c1. The quantitative estimate of drug-likeness (QED) is 0.610. The molecule has 2 aromatic carbocycles. The van der Waals surface area contributed by atoms with Gasteiger partial charge in [-0.15, -0.1) is 0 Å². The summed E-state index contributed by atoms with van der Waals surface area (Å²) in [5, 5.41) is 4.55. The lowest BCUT2D eigenvalue weighted by atomic mass is 9.89. The van der Waals surface area contributed by atoms with Crippen molar-refractivity contribution in [3.63, 3.8) is 0 Å². The first kappa shape index (κ1) is 21.1. The molecule has 5 rings (SSSR count). The van der Waals surface area contributed by atoms with Gasteiger partial charge < -0.3 is 19.1 Å². The summed E-state index contributed by atoms with van der Waals surface area (Å²) in [4.78, 5) is 27.9. The van der Waals surface area contributed by atoms with Crippen LogP contribution in [-0.4, -0.2) is 59.3 Å². The summed E-state index contributed by atoms with van der Waals surface area (Å²) in [5.74, 6) is 1.81. The highest BCUT2D eigenvalue weighted by atomic mass is 16.5. The number of para-hydroxylation sites is 1. The molecular formula is C25H25N3O5. The second-order valence-corrected chi connectivity index (χ2v) is 8.46. The molecule has 8 heteroatoms. The van der Waals surface area contributed by atoms with E-state index in [1.807, 2.05) is 36.4 Å². The summed E-state index contributed by atoms with van der Waals surface area (Å²) < 4.78 is 18.6. The molecule has 0 N–H and O–H groups in total. The molecule has 1 atom stereocenters. The van der Waals surface area contributed by atoms with Crippen LogP contribution in [0.4, 0.5) is 0 Å². The van der Waals surface area contributed by atoms with E-state index in [0.717, 1.165) is 5.56 Å². The van der Waals surface area contributed by atoms with Crippen LogP contribution in [0.5, 0.6) is 17.2 Å². The zero-order valence-electron chi connectivity index (χ0n) is 18.8. The molecule has 0 bridgehead atoms. The van der Waals surface area contributed by atoms with E-state index in [2.05, 4.69) is 5.10 Å². The lowest BCUT2D eigenvalue weighted by Gasteiger charge is -2.34. The van der Waals surface area contributed by atoms with Crippen LogP contribution in [-0.2, 0) is 7.05 Å². The van der Waals surface area contributed by atoms with Gasteiger partial charge in [-0.05, 0) is 36.4 Å². The highest BCUT2D eigenvalue weighted by molar-refractivity contribution is 6.00. The number of rotatable bonds is 4. The van der Waals surface area contributed by atoms with Gasteiger partial charge in [-0.3, -0.25) is 14.3 Å². The zero-order chi connectivity index (χ0) is 23.2. The number of fused-ring (bicyclic) bond motifs is 1. The monoisotopic (exact) mass is 447 g/mol. The van der Waals surface area contributed by atoms with Crippen molar-refractivity contribution in [1.29, 1.82) is 0 Å². The van der Waals surface area contributed by atoms with Crippen molar-refractivity contribution in [2.24, 2.45) is 7.05 Å². The molecule has 1 aromatic heterocycles. The smallest absolute Gasteiger partial charge is 0.272 e. The molecule has 1 fully saturated rings. The molecule has 33 heavy (non-hydrogen) atoms. The predicted molar refractivity (Wildman–Crippen MR) is 121 cm³/mol. The van der Waals surface area contributed by atoms with E-state index < -0.39 is 5.60 Å². The van der Waals surface area contributed by atoms with E-state index in [1.54, 1.807) is 43.0 Å².